The molecule has 1 fully saturated rings. The van der Waals surface area contributed by atoms with Crippen molar-refractivity contribution in [2.24, 2.45) is 11.8 Å². The Morgan fingerprint density at radius 1 is 0.517 bits per heavy atom. The van der Waals surface area contributed by atoms with Crippen LogP contribution in [0, 0.1) is 11.8 Å². The number of Topliss-reactive ketones (excluding diaryl/α,β-unsaturated/α-hetero) is 3. The molecule has 3 aromatic rings. The summed E-state index contributed by atoms with van der Waals surface area (Å²) in [6.45, 7) is 0.933. The number of hydrogen-bond donors (Lipinski definition) is 9. The first-order valence-corrected chi connectivity index (χ1v) is 29.6. The highest BCUT2D eigenvalue weighted by molar-refractivity contribution is 7.80. The van der Waals surface area contributed by atoms with Crippen molar-refractivity contribution >= 4 is 89.2 Å². The highest BCUT2D eigenvalue weighted by atomic mass is 32.1. The molecule has 28 heteroatoms. The van der Waals surface area contributed by atoms with Gasteiger partial charge in [-0.25, -0.2) is 4.79 Å². The molecule has 0 aliphatic carbocycles. The third-order valence-electron chi connectivity index (χ3n) is 14.5. The predicted octanol–water partition coefficient (Wildman–Crippen LogP) is 0.514. The molecule has 3 amide bonds. The molecule has 5 atom stereocenters. The SMILES string of the molecule is O=COCN1CCN(CC(=O)O)CCN(CC(=O)O)CCN(CC(=O)N[C@@H](Cc2ccccc2)C(=O)C[C@@H](Cc2ccccc2)C(=O)NCC(=O)CCCNC(=O)[C@@H](CC(=O)CC[C@H](NC(=S)N[C@@H](CCC(=O)O)OC=O)C(=O)O)Cc2ccccc2)CC1. The number of ether oxygens (including phenoxy) is 2. The molecule has 1 saturated heterocycles. The van der Waals surface area contributed by atoms with Gasteiger partial charge in [-0.3, -0.25) is 72.3 Å². The Labute approximate surface area is 521 Å². The molecule has 89 heavy (non-hydrogen) atoms. The number of ketones is 3. The first-order chi connectivity index (χ1) is 42.7. The molecule has 0 unspecified atom stereocenters. The Morgan fingerprint density at radius 2 is 1.01 bits per heavy atom. The van der Waals surface area contributed by atoms with E-state index in [9.17, 15) is 72.9 Å². The number of carboxylic acids is 4. The minimum absolute atomic E-state index is 0.0269. The molecule has 1 heterocycles. The second-order valence-electron chi connectivity index (χ2n) is 21.5. The van der Waals surface area contributed by atoms with Crippen LogP contribution in [0.1, 0.15) is 68.1 Å². The monoisotopic (exact) mass is 1260 g/mol. The Kier molecular flexibility index (Phi) is 33.4. The van der Waals surface area contributed by atoms with Gasteiger partial charge in [0.1, 0.15) is 18.6 Å². The number of carbonyl (C=O) groups is 12. The first kappa shape index (κ1) is 72.9. The van der Waals surface area contributed by atoms with Gasteiger partial charge in [0, 0.05) is 103 Å². The minimum atomic E-state index is -1.38. The zero-order chi connectivity index (χ0) is 64.9. The topological polar surface area (TPSA) is 377 Å². The summed E-state index contributed by atoms with van der Waals surface area (Å²) in [5, 5.41) is 51.3. The van der Waals surface area contributed by atoms with Gasteiger partial charge in [-0.2, -0.15) is 0 Å². The van der Waals surface area contributed by atoms with Crippen LogP contribution in [0.2, 0.25) is 0 Å². The molecule has 484 valence electrons. The number of hydrogen-bond acceptors (Lipinski definition) is 19. The average molecular weight is 1260 g/mol. The fourth-order valence-electron chi connectivity index (χ4n) is 9.78. The van der Waals surface area contributed by atoms with Crippen molar-refractivity contribution in [2.75, 3.05) is 91.8 Å². The van der Waals surface area contributed by atoms with Crippen molar-refractivity contribution in [3.63, 3.8) is 0 Å². The van der Waals surface area contributed by atoms with Crippen LogP contribution in [-0.2, 0) is 86.3 Å². The largest absolute Gasteiger partial charge is 0.481 e. The molecule has 3 aromatic carbocycles. The lowest BCUT2D eigenvalue weighted by Gasteiger charge is -2.33. The van der Waals surface area contributed by atoms with E-state index < -0.39 is 89.9 Å². The normalized spacial score (nSPS) is 15.3. The number of thiocarbonyl (C=S) groups is 1. The van der Waals surface area contributed by atoms with Crippen LogP contribution >= 0.6 is 12.2 Å². The van der Waals surface area contributed by atoms with Crippen molar-refractivity contribution in [3.8, 4) is 0 Å². The number of nitrogens with one attached hydrogen (secondary N) is 5. The second kappa shape index (κ2) is 40.8. The number of benzene rings is 3. The molecule has 0 bridgehead atoms. The predicted molar refractivity (Wildman–Crippen MR) is 324 cm³/mol. The Hall–Kier alpha value is -8.57. The molecule has 27 nitrogen and oxygen atoms in total. The molecule has 0 saturated carbocycles. The van der Waals surface area contributed by atoms with E-state index in [4.69, 9.17) is 26.8 Å². The molecule has 9 N–H and O–H groups in total. The number of rotatable bonds is 40. The summed E-state index contributed by atoms with van der Waals surface area (Å²) < 4.78 is 9.83. The van der Waals surface area contributed by atoms with Crippen molar-refractivity contribution in [2.45, 2.75) is 88.9 Å². The standard InChI is InChI=1S/C61H81N9O18S/c71-41-87-40-70-29-27-67(23-24-68(38-56(79)80)25-26-69(28-30-70)39-57(81)82)37-53(76)64-51(33-45-15-8-3-9-16-45)52(75)35-47(32-44-13-6-2-7-14-44)59(84)63-36-49(74)17-10-22-62-58(83)46(31-43-11-4-1-5-12-43)34-48(73)18-19-50(60(85)86)65-61(89)66-54(88-42-72)20-21-55(77)78/h1-9,11-16,41-42,46-47,50-51,54H,10,17-40H2,(H,62,83)(H,63,84)(H,64,76)(H,77,78)(H,79,80)(H,81,82)(H,85,86)(H2,65,66,89)/t46-,47-,50+,51+,54-/m1/s1. The van der Waals surface area contributed by atoms with E-state index in [0.29, 0.717) is 6.47 Å². The Balaban J connectivity index is 1.39. The fourth-order valence-corrected chi connectivity index (χ4v) is 10.1. The molecular formula is C61H81N9O18S. The van der Waals surface area contributed by atoms with Gasteiger partial charge in [0.25, 0.3) is 12.9 Å². The summed E-state index contributed by atoms with van der Waals surface area (Å²) >= 11 is 5.15. The third kappa shape index (κ3) is 30.8. The zero-order valence-corrected chi connectivity index (χ0v) is 50.4. The van der Waals surface area contributed by atoms with Crippen molar-refractivity contribution in [3.05, 3.63) is 108 Å². The van der Waals surface area contributed by atoms with Crippen LogP contribution in [0.15, 0.2) is 91.0 Å². The summed E-state index contributed by atoms with van der Waals surface area (Å²) in [5.74, 6) is -9.41. The van der Waals surface area contributed by atoms with Crippen LogP contribution in [-0.4, -0.2) is 227 Å². The summed E-state index contributed by atoms with van der Waals surface area (Å²) in [5.41, 5.74) is 2.21. The lowest BCUT2D eigenvalue weighted by atomic mass is 9.89. The van der Waals surface area contributed by atoms with E-state index in [1.54, 1.807) is 111 Å². The quantitative estimate of drug-likeness (QED) is 0.0162. The van der Waals surface area contributed by atoms with Gasteiger partial charge in [-0.15, -0.1) is 0 Å². The van der Waals surface area contributed by atoms with Crippen molar-refractivity contribution in [1.82, 2.24) is 46.2 Å². The van der Waals surface area contributed by atoms with Gasteiger partial charge in [0.2, 0.25) is 17.7 Å². The van der Waals surface area contributed by atoms with E-state index >= 15 is 0 Å². The minimum Gasteiger partial charge on any atom is -0.481 e. The van der Waals surface area contributed by atoms with E-state index in [1.165, 1.54) is 0 Å². The zero-order valence-electron chi connectivity index (χ0n) is 49.6. The smallest absolute Gasteiger partial charge is 0.326 e. The van der Waals surface area contributed by atoms with Crippen LogP contribution in [0.4, 0.5) is 0 Å². The van der Waals surface area contributed by atoms with E-state index in [1.807, 2.05) is 0 Å². The summed E-state index contributed by atoms with van der Waals surface area (Å²) in [6.07, 6.45) is -2.39. The highest BCUT2D eigenvalue weighted by Crippen LogP contribution is 2.19. The summed E-state index contributed by atoms with van der Waals surface area (Å²) in [7, 11) is 0. The lowest BCUT2D eigenvalue weighted by Crippen LogP contribution is -2.51. The Bertz CT molecular complexity index is 2800. The van der Waals surface area contributed by atoms with Gasteiger partial charge >= 0.3 is 23.9 Å². The molecule has 1 aliphatic rings. The van der Waals surface area contributed by atoms with E-state index in [2.05, 4.69) is 26.6 Å². The fraction of sp³-hybridized carbons (Fsp3) is 0.492. The highest BCUT2D eigenvalue weighted by Gasteiger charge is 2.31. The number of nitrogens with zero attached hydrogens (tertiary/aromatic N) is 4. The second-order valence-corrected chi connectivity index (χ2v) is 21.9. The van der Waals surface area contributed by atoms with Gasteiger partial charge in [-0.1, -0.05) is 91.0 Å². The number of carbonyl (C=O) groups excluding carboxylic acids is 8. The van der Waals surface area contributed by atoms with E-state index in [0.717, 1.165) is 16.7 Å². The number of amides is 3. The van der Waals surface area contributed by atoms with Crippen LogP contribution in [0.3, 0.4) is 0 Å². The number of aliphatic carboxylic acids is 4. The Morgan fingerprint density at radius 3 is 1.51 bits per heavy atom. The lowest BCUT2D eigenvalue weighted by molar-refractivity contribution is -0.141. The molecule has 1 aliphatic heterocycles. The van der Waals surface area contributed by atoms with Gasteiger partial charge in [-0.05, 0) is 61.0 Å². The maximum atomic E-state index is 14.6. The molecule has 4 rings (SSSR count). The number of carboxylic acid groups (broad SMARTS) is 4. The van der Waals surface area contributed by atoms with E-state index in [-0.39, 0.29) is 173 Å². The molecule has 0 aromatic heterocycles. The van der Waals surface area contributed by atoms with Crippen LogP contribution in [0.25, 0.3) is 0 Å². The van der Waals surface area contributed by atoms with Crippen molar-refractivity contribution < 1.29 is 87.4 Å². The molecule has 0 radical (unpaired) electrons. The van der Waals surface area contributed by atoms with Gasteiger partial charge in [0.05, 0.1) is 38.6 Å². The summed E-state index contributed by atoms with van der Waals surface area (Å²) in [6, 6.07) is 24.3. The maximum Gasteiger partial charge on any atom is 0.326 e. The molecule has 0 spiro atoms. The molecular weight excluding hydrogens is 1180 g/mol. The van der Waals surface area contributed by atoms with Crippen molar-refractivity contribution in [1.29, 1.82) is 0 Å². The van der Waals surface area contributed by atoms with Gasteiger partial charge < -0.3 is 56.5 Å². The van der Waals surface area contributed by atoms with Crippen LogP contribution in [0.5, 0.6) is 0 Å². The van der Waals surface area contributed by atoms with Gasteiger partial charge in [0.15, 0.2) is 22.9 Å². The first-order valence-electron chi connectivity index (χ1n) is 29.2. The maximum absolute atomic E-state index is 14.6. The third-order valence-corrected chi connectivity index (χ3v) is 14.7. The average Bonchev–Trinajstić information content (AvgIpc) is 3.66. The summed E-state index contributed by atoms with van der Waals surface area (Å²) in [4.78, 5) is 159. The van der Waals surface area contributed by atoms with Crippen LogP contribution < -0.4 is 26.6 Å².